The number of rotatable bonds is 6. The predicted molar refractivity (Wildman–Crippen MR) is 137 cm³/mol. The van der Waals surface area contributed by atoms with Gasteiger partial charge in [-0.3, -0.25) is 19.7 Å². The van der Waals surface area contributed by atoms with Crippen LogP contribution in [0.3, 0.4) is 0 Å². The average molecular weight is 486 g/mol. The maximum atomic E-state index is 13.9. The molecule has 4 heterocycles. The number of pyridine rings is 3. The third kappa shape index (κ3) is 4.85. The van der Waals surface area contributed by atoms with E-state index in [-0.39, 0.29) is 17.1 Å². The third-order valence-electron chi connectivity index (χ3n) is 6.75. The maximum absolute atomic E-state index is 13.9. The molecule has 8 heteroatoms. The summed E-state index contributed by atoms with van der Waals surface area (Å²) in [5, 5.41) is 11.1. The molecule has 0 aliphatic carbocycles. The molecular weight excluding hydrogens is 457 g/mol. The van der Waals surface area contributed by atoms with Gasteiger partial charge in [-0.05, 0) is 66.6 Å². The molecule has 1 aliphatic rings. The lowest BCUT2D eigenvalue weighted by atomic mass is 9.96. The lowest BCUT2D eigenvalue weighted by molar-refractivity contribution is 0.207. The molecule has 0 amide bonds. The van der Waals surface area contributed by atoms with Gasteiger partial charge in [-0.25, -0.2) is 4.39 Å². The van der Waals surface area contributed by atoms with Crippen LogP contribution in [0.25, 0.3) is 0 Å². The Kier molecular flexibility index (Phi) is 6.77. The van der Waals surface area contributed by atoms with E-state index in [0.717, 1.165) is 16.8 Å². The lowest BCUT2D eigenvalue weighted by Crippen LogP contribution is -2.49. The number of benzene rings is 1. The zero-order valence-electron chi connectivity index (χ0n) is 20.1. The number of aromatic hydroxyl groups is 1. The van der Waals surface area contributed by atoms with Gasteiger partial charge in [0, 0.05) is 62.3 Å². The molecule has 1 aliphatic heterocycles. The van der Waals surface area contributed by atoms with E-state index < -0.39 is 6.04 Å². The average Bonchev–Trinajstić information content (AvgIpc) is 2.91. The largest absolute Gasteiger partial charge is 0.507 e. The number of halogens is 1. The molecule has 0 spiro atoms. The van der Waals surface area contributed by atoms with Crippen molar-refractivity contribution in [2.75, 3.05) is 31.1 Å². The van der Waals surface area contributed by atoms with Gasteiger partial charge < -0.3 is 14.6 Å². The standard InChI is InChI=1S/C28H28FN5O2/c1-20-17-25(35)26(28(36)34(20)19-21-3-2-10-31-18-21)27(22-8-11-30-12-9-22)33-15-13-32(14-16-33)24-6-4-23(29)5-7-24/h2-12,17-18,27,35H,13-16,19H2,1H3/t27-/m1/s1. The Hall–Kier alpha value is -4.04. The molecule has 184 valence electrons. The van der Waals surface area contributed by atoms with E-state index in [4.69, 9.17) is 0 Å². The van der Waals surface area contributed by atoms with Crippen LogP contribution in [0.15, 0.2) is 84.2 Å². The molecule has 5 rings (SSSR count). The maximum Gasteiger partial charge on any atom is 0.259 e. The fourth-order valence-electron chi connectivity index (χ4n) is 4.89. The SMILES string of the molecule is Cc1cc(O)c([C@@H](c2ccncc2)N2CCN(c3ccc(F)cc3)CC2)c(=O)n1Cc1cccnc1. The van der Waals surface area contributed by atoms with Crippen LogP contribution in [0.4, 0.5) is 10.1 Å². The molecule has 7 nitrogen and oxygen atoms in total. The lowest BCUT2D eigenvalue weighted by Gasteiger charge is -2.40. The van der Waals surface area contributed by atoms with E-state index in [1.165, 1.54) is 12.1 Å². The molecule has 4 aromatic rings. The fourth-order valence-corrected chi connectivity index (χ4v) is 4.89. The van der Waals surface area contributed by atoms with Gasteiger partial charge in [0.1, 0.15) is 11.6 Å². The van der Waals surface area contributed by atoms with Crippen molar-refractivity contribution in [3.05, 3.63) is 118 Å². The number of nitrogens with zero attached hydrogens (tertiary/aromatic N) is 5. The van der Waals surface area contributed by atoms with Crippen LogP contribution in [-0.4, -0.2) is 50.7 Å². The molecule has 0 bridgehead atoms. The molecule has 1 saturated heterocycles. The van der Waals surface area contributed by atoms with E-state index in [1.807, 2.05) is 31.2 Å². The molecular formula is C28H28FN5O2. The van der Waals surface area contributed by atoms with Gasteiger partial charge in [0.05, 0.1) is 18.2 Å². The molecule has 0 unspecified atom stereocenters. The Labute approximate surface area is 209 Å². The highest BCUT2D eigenvalue weighted by Crippen LogP contribution is 2.33. The van der Waals surface area contributed by atoms with E-state index >= 15 is 0 Å². The van der Waals surface area contributed by atoms with Crippen molar-refractivity contribution >= 4 is 5.69 Å². The number of piperazine rings is 1. The van der Waals surface area contributed by atoms with Crippen LogP contribution < -0.4 is 10.5 Å². The first-order chi connectivity index (χ1) is 17.5. The minimum Gasteiger partial charge on any atom is -0.507 e. The molecule has 0 saturated carbocycles. The highest BCUT2D eigenvalue weighted by atomic mass is 19.1. The summed E-state index contributed by atoms with van der Waals surface area (Å²) in [5.41, 5.74) is 3.58. The molecule has 3 aromatic heterocycles. The zero-order chi connectivity index (χ0) is 25.1. The van der Waals surface area contributed by atoms with Crippen molar-refractivity contribution in [3.8, 4) is 5.75 Å². The summed E-state index contributed by atoms with van der Waals surface area (Å²) < 4.78 is 15.1. The number of aryl methyl sites for hydroxylation is 1. The van der Waals surface area contributed by atoms with Crippen molar-refractivity contribution in [2.45, 2.75) is 19.5 Å². The summed E-state index contributed by atoms with van der Waals surface area (Å²) in [6, 6.07) is 15.3. The van der Waals surface area contributed by atoms with E-state index in [1.54, 1.807) is 47.6 Å². The van der Waals surface area contributed by atoms with Crippen molar-refractivity contribution in [2.24, 2.45) is 0 Å². The molecule has 1 N–H and O–H groups in total. The molecule has 36 heavy (non-hydrogen) atoms. The quantitative estimate of drug-likeness (QED) is 0.448. The molecule has 0 radical (unpaired) electrons. The number of hydrogen-bond acceptors (Lipinski definition) is 6. The van der Waals surface area contributed by atoms with Crippen LogP contribution >= 0.6 is 0 Å². The first kappa shape index (κ1) is 23.7. The Bertz CT molecular complexity index is 1370. The second kappa shape index (κ2) is 10.3. The van der Waals surface area contributed by atoms with Crippen LogP contribution in [-0.2, 0) is 6.54 Å². The van der Waals surface area contributed by atoms with E-state index in [2.05, 4.69) is 19.8 Å². The van der Waals surface area contributed by atoms with Crippen molar-refractivity contribution in [1.82, 2.24) is 19.4 Å². The monoisotopic (exact) mass is 485 g/mol. The number of aromatic nitrogens is 3. The minimum absolute atomic E-state index is 0.0114. The normalized spacial score (nSPS) is 15.1. The summed E-state index contributed by atoms with van der Waals surface area (Å²) in [5.74, 6) is -0.268. The second-order valence-corrected chi connectivity index (χ2v) is 9.02. The summed E-state index contributed by atoms with van der Waals surface area (Å²) in [6.07, 6.45) is 6.85. The van der Waals surface area contributed by atoms with Crippen LogP contribution in [0.1, 0.15) is 28.4 Å². The number of hydrogen-bond donors (Lipinski definition) is 1. The van der Waals surface area contributed by atoms with Crippen molar-refractivity contribution in [3.63, 3.8) is 0 Å². The van der Waals surface area contributed by atoms with Crippen molar-refractivity contribution < 1.29 is 9.50 Å². The number of anilines is 1. The topological polar surface area (TPSA) is 74.5 Å². The molecule has 1 atom stereocenters. The van der Waals surface area contributed by atoms with Crippen LogP contribution in [0.2, 0.25) is 0 Å². The van der Waals surface area contributed by atoms with Gasteiger partial charge in [-0.15, -0.1) is 0 Å². The van der Waals surface area contributed by atoms with E-state index in [0.29, 0.717) is 44.0 Å². The summed E-state index contributed by atoms with van der Waals surface area (Å²) in [7, 11) is 0. The first-order valence-corrected chi connectivity index (χ1v) is 12.0. The Morgan fingerprint density at radius 3 is 2.36 bits per heavy atom. The Balaban J connectivity index is 1.50. The minimum atomic E-state index is -0.434. The molecule has 1 fully saturated rings. The van der Waals surface area contributed by atoms with E-state index in [9.17, 15) is 14.3 Å². The highest BCUT2D eigenvalue weighted by Gasteiger charge is 2.31. The highest BCUT2D eigenvalue weighted by molar-refractivity contribution is 5.47. The smallest absolute Gasteiger partial charge is 0.259 e. The predicted octanol–water partition coefficient (Wildman–Crippen LogP) is 3.75. The Morgan fingerprint density at radius 2 is 1.69 bits per heavy atom. The summed E-state index contributed by atoms with van der Waals surface area (Å²) in [6.45, 7) is 4.95. The zero-order valence-corrected chi connectivity index (χ0v) is 20.1. The second-order valence-electron chi connectivity index (χ2n) is 9.02. The third-order valence-corrected chi connectivity index (χ3v) is 6.75. The van der Waals surface area contributed by atoms with Crippen LogP contribution in [0.5, 0.6) is 5.75 Å². The van der Waals surface area contributed by atoms with Crippen molar-refractivity contribution in [1.29, 1.82) is 0 Å². The van der Waals surface area contributed by atoms with Gasteiger partial charge in [0.25, 0.3) is 5.56 Å². The van der Waals surface area contributed by atoms with Gasteiger partial charge in [0.15, 0.2) is 0 Å². The molecule has 1 aromatic carbocycles. The van der Waals surface area contributed by atoms with Gasteiger partial charge in [0.2, 0.25) is 0 Å². The summed E-state index contributed by atoms with van der Waals surface area (Å²) in [4.78, 5) is 26.6. The van der Waals surface area contributed by atoms with Gasteiger partial charge in [-0.2, -0.15) is 0 Å². The fraction of sp³-hybridized carbons (Fsp3) is 0.250. The first-order valence-electron chi connectivity index (χ1n) is 12.0. The van der Waals surface area contributed by atoms with Gasteiger partial charge in [-0.1, -0.05) is 6.07 Å². The Morgan fingerprint density at radius 1 is 0.972 bits per heavy atom. The van der Waals surface area contributed by atoms with Gasteiger partial charge >= 0.3 is 0 Å². The van der Waals surface area contributed by atoms with Crippen LogP contribution in [0, 0.1) is 12.7 Å². The summed E-state index contributed by atoms with van der Waals surface area (Å²) >= 11 is 0.